The highest BCUT2D eigenvalue weighted by atomic mass is 16.6. The van der Waals surface area contributed by atoms with E-state index < -0.39 is 5.60 Å². The second-order valence-corrected chi connectivity index (χ2v) is 9.98. The van der Waals surface area contributed by atoms with E-state index in [1.807, 2.05) is 52.8 Å². The molecule has 0 atom stereocenters. The predicted octanol–water partition coefficient (Wildman–Crippen LogP) is 6.29. The van der Waals surface area contributed by atoms with Gasteiger partial charge in [-0.15, -0.1) is 0 Å². The van der Waals surface area contributed by atoms with Gasteiger partial charge in [0.25, 0.3) is 0 Å². The number of carbonyl (C=O) groups excluding carboxylic acids is 2. The summed E-state index contributed by atoms with van der Waals surface area (Å²) in [5.41, 5.74) is 2.37. The van der Waals surface area contributed by atoms with Crippen molar-refractivity contribution in [3.8, 4) is 17.0 Å². The maximum absolute atomic E-state index is 12.7. The van der Waals surface area contributed by atoms with Crippen molar-refractivity contribution in [1.29, 1.82) is 0 Å². The van der Waals surface area contributed by atoms with Crippen molar-refractivity contribution < 1.29 is 23.8 Å². The van der Waals surface area contributed by atoms with Crippen LogP contribution in [0.25, 0.3) is 11.3 Å². The molecule has 0 saturated heterocycles. The number of rotatable bonds is 8. The van der Waals surface area contributed by atoms with E-state index in [9.17, 15) is 9.59 Å². The second-order valence-electron chi connectivity index (χ2n) is 9.98. The lowest BCUT2D eigenvalue weighted by Crippen LogP contribution is -2.24. The van der Waals surface area contributed by atoms with E-state index >= 15 is 0 Å². The molecular weight excluding hydrogens is 430 g/mol. The van der Waals surface area contributed by atoms with Gasteiger partial charge in [-0.3, -0.25) is 9.78 Å². The first kappa shape index (κ1) is 25.7. The quantitative estimate of drug-likeness (QED) is 0.425. The lowest BCUT2D eigenvalue weighted by molar-refractivity contribution is -0.143. The standard InChI is InChI=1S/C28H37NO5/c1-6-32-25(30)16-11-20-9-12-21(13-10-20)33-22-14-15-23(19(2)18-22)26-24(8-7-17-29-26)27(31)34-28(3,4)5/h7-8,14-15,17-18,20-21H,6,9-13,16H2,1-5H3. The lowest BCUT2D eigenvalue weighted by Gasteiger charge is -2.29. The van der Waals surface area contributed by atoms with Gasteiger partial charge in [-0.2, -0.15) is 0 Å². The third-order valence-corrected chi connectivity index (χ3v) is 6.04. The van der Waals surface area contributed by atoms with E-state index in [-0.39, 0.29) is 18.0 Å². The zero-order valence-electron chi connectivity index (χ0n) is 21.1. The number of pyridine rings is 1. The average Bonchev–Trinajstić information content (AvgIpc) is 2.78. The van der Waals surface area contributed by atoms with Gasteiger partial charge in [0, 0.05) is 18.2 Å². The molecule has 1 heterocycles. The van der Waals surface area contributed by atoms with Crippen LogP contribution >= 0.6 is 0 Å². The lowest BCUT2D eigenvalue weighted by atomic mass is 9.84. The summed E-state index contributed by atoms with van der Waals surface area (Å²) in [6.45, 7) is 9.85. The van der Waals surface area contributed by atoms with Gasteiger partial charge in [0.1, 0.15) is 11.4 Å². The van der Waals surface area contributed by atoms with Crippen LogP contribution in [-0.4, -0.2) is 35.2 Å². The monoisotopic (exact) mass is 467 g/mol. The van der Waals surface area contributed by atoms with Gasteiger partial charge in [0.15, 0.2) is 0 Å². The highest BCUT2D eigenvalue weighted by molar-refractivity contribution is 5.96. The Morgan fingerprint density at radius 1 is 1.09 bits per heavy atom. The summed E-state index contributed by atoms with van der Waals surface area (Å²) in [5, 5.41) is 0. The number of ether oxygens (including phenoxy) is 3. The molecule has 6 heteroatoms. The SMILES string of the molecule is CCOC(=O)CCC1CCC(Oc2ccc(-c3ncccc3C(=O)OC(C)(C)C)c(C)c2)CC1. The number of aryl methyl sites for hydroxylation is 1. The van der Waals surface area contributed by atoms with Crippen LogP contribution in [0.5, 0.6) is 5.75 Å². The fourth-order valence-corrected chi connectivity index (χ4v) is 4.38. The Hall–Kier alpha value is -2.89. The molecule has 34 heavy (non-hydrogen) atoms. The number of hydrogen-bond acceptors (Lipinski definition) is 6. The fourth-order valence-electron chi connectivity index (χ4n) is 4.38. The molecule has 0 radical (unpaired) electrons. The van der Waals surface area contributed by atoms with Gasteiger partial charge >= 0.3 is 11.9 Å². The van der Waals surface area contributed by atoms with Crippen molar-refractivity contribution >= 4 is 11.9 Å². The van der Waals surface area contributed by atoms with Crippen molar-refractivity contribution in [2.75, 3.05) is 6.61 Å². The molecule has 1 aliphatic rings. The van der Waals surface area contributed by atoms with Crippen molar-refractivity contribution in [2.24, 2.45) is 5.92 Å². The van der Waals surface area contributed by atoms with Crippen molar-refractivity contribution in [3.63, 3.8) is 0 Å². The maximum Gasteiger partial charge on any atom is 0.340 e. The summed E-state index contributed by atoms with van der Waals surface area (Å²) in [6, 6.07) is 9.42. The van der Waals surface area contributed by atoms with Gasteiger partial charge in [0.2, 0.25) is 0 Å². The molecule has 0 bridgehead atoms. The topological polar surface area (TPSA) is 74.7 Å². The predicted molar refractivity (Wildman–Crippen MR) is 132 cm³/mol. The molecule has 2 aromatic rings. The summed E-state index contributed by atoms with van der Waals surface area (Å²) in [4.78, 5) is 28.8. The molecule has 1 aliphatic carbocycles. The zero-order valence-corrected chi connectivity index (χ0v) is 21.1. The molecular formula is C28H37NO5. The Kier molecular flexibility index (Phi) is 8.70. The molecule has 1 aromatic carbocycles. The van der Waals surface area contributed by atoms with Gasteiger partial charge < -0.3 is 14.2 Å². The van der Waals surface area contributed by atoms with Crippen LogP contribution in [0.4, 0.5) is 0 Å². The van der Waals surface area contributed by atoms with Crippen LogP contribution in [0.2, 0.25) is 0 Å². The van der Waals surface area contributed by atoms with Crippen LogP contribution in [0, 0.1) is 12.8 Å². The molecule has 1 saturated carbocycles. The van der Waals surface area contributed by atoms with E-state index in [1.165, 1.54) is 0 Å². The van der Waals surface area contributed by atoms with Crippen molar-refractivity contribution in [1.82, 2.24) is 4.98 Å². The number of nitrogens with zero attached hydrogens (tertiary/aromatic N) is 1. The van der Waals surface area contributed by atoms with Crippen LogP contribution in [0.3, 0.4) is 0 Å². The Bertz CT molecular complexity index is 987. The minimum atomic E-state index is -0.575. The molecule has 0 spiro atoms. The van der Waals surface area contributed by atoms with Crippen LogP contribution < -0.4 is 4.74 Å². The molecule has 0 amide bonds. The van der Waals surface area contributed by atoms with Gasteiger partial charge in [-0.25, -0.2) is 4.79 Å². The number of hydrogen-bond donors (Lipinski definition) is 0. The Labute approximate surface area is 203 Å². The fraction of sp³-hybridized carbons (Fsp3) is 0.536. The number of benzene rings is 1. The largest absolute Gasteiger partial charge is 0.490 e. The Morgan fingerprint density at radius 3 is 2.47 bits per heavy atom. The summed E-state index contributed by atoms with van der Waals surface area (Å²) < 4.78 is 16.9. The van der Waals surface area contributed by atoms with Crippen molar-refractivity contribution in [2.45, 2.75) is 84.8 Å². The highest BCUT2D eigenvalue weighted by Crippen LogP contribution is 2.33. The summed E-state index contributed by atoms with van der Waals surface area (Å²) in [6.07, 6.45) is 7.36. The smallest absolute Gasteiger partial charge is 0.340 e. The summed E-state index contributed by atoms with van der Waals surface area (Å²) >= 11 is 0. The molecule has 0 aliphatic heterocycles. The molecule has 184 valence electrons. The number of aromatic nitrogens is 1. The van der Waals surface area contributed by atoms with E-state index in [2.05, 4.69) is 4.98 Å². The number of carbonyl (C=O) groups is 2. The Morgan fingerprint density at radius 2 is 1.82 bits per heavy atom. The molecule has 1 aromatic heterocycles. The minimum absolute atomic E-state index is 0.0980. The van der Waals surface area contributed by atoms with E-state index in [0.29, 0.717) is 30.2 Å². The van der Waals surface area contributed by atoms with Crippen LogP contribution in [0.1, 0.15) is 82.1 Å². The first-order valence-electron chi connectivity index (χ1n) is 12.3. The van der Waals surface area contributed by atoms with Crippen molar-refractivity contribution in [3.05, 3.63) is 47.7 Å². The normalized spacial score (nSPS) is 18.3. The van der Waals surface area contributed by atoms with Gasteiger partial charge in [0.05, 0.1) is 24.0 Å². The van der Waals surface area contributed by atoms with E-state index in [4.69, 9.17) is 14.2 Å². The Balaban J connectivity index is 1.62. The van der Waals surface area contributed by atoms with E-state index in [1.54, 1.807) is 18.3 Å². The van der Waals surface area contributed by atoms with Crippen LogP contribution in [0.15, 0.2) is 36.5 Å². The molecule has 6 nitrogen and oxygen atoms in total. The van der Waals surface area contributed by atoms with E-state index in [0.717, 1.165) is 49.0 Å². The summed E-state index contributed by atoms with van der Waals surface area (Å²) in [7, 11) is 0. The third-order valence-electron chi connectivity index (χ3n) is 6.04. The third kappa shape index (κ3) is 7.31. The molecule has 0 unspecified atom stereocenters. The maximum atomic E-state index is 12.7. The average molecular weight is 468 g/mol. The number of esters is 2. The highest BCUT2D eigenvalue weighted by Gasteiger charge is 2.24. The minimum Gasteiger partial charge on any atom is -0.490 e. The van der Waals surface area contributed by atoms with Crippen LogP contribution in [-0.2, 0) is 14.3 Å². The molecule has 1 fully saturated rings. The first-order valence-corrected chi connectivity index (χ1v) is 12.3. The summed E-state index contributed by atoms with van der Waals surface area (Å²) in [5.74, 6) is 0.906. The molecule has 0 N–H and O–H groups in total. The second kappa shape index (κ2) is 11.5. The zero-order chi connectivity index (χ0) is 24.7. The van der Waals surface area contributed by atoms with Gasteiger partial charge in [-0.05, 0) is 109 Å². The first-order chi connectivity index (χ1) is 16.2. The molecule has 3 rings (SSSR count). The van der Waals surface area contributed by atoms with Gasteiger partial charge in [-0.1, -0.05) is 0 Å².